The predicted octanol–water partition coefficient (Wildman–Crippen LogP) is 1.39. The van der Waals surface area contributed by atoms with E-state index in [1.165, 1.54) is 7.11 Å². The Bertz CT molecular complexity index is 810. The maximum atomic E-state index is 12.7. The van der Waals surface area contributed by atoms with Crippen molar-refractivity contribution in [2.45, 2.75) is 25.6 Å². The van der Waals surface area contributed by atoms with E-state index >= 15 is 0 Å². The number of hydrogen-bond donors (Lipinski definition) is 1. The SMILES string of the molecule is COC(=O)[C@@H](O)C1CCN(C(=O)c2ccc(OCc3nccn3C)cc2)CC1. The molecule has 1 aliphatic rings. The number of aliphatic hydroxyl groups is 1. The summed E-state index contributed by atoms with van der Waals surface area (Å²) in [5.74, 6) is 0.614. The summed E-state index contributed by atoms with van der Waals surface area (Å²) in [6.45, 7) is 1.34. The molecule has 0 radical (unpaired) electrons. The lowest BCUT2D eigenvalue weighted by Gasteiger charge is -2.33. The number of likely N-dealkylation sites (tertiary alicyclic amines) is 1. The van der Waals surface area contributed by atoms with Crippen LogP contribution >= 0.6 is 0 Å². The monoisotopic (exact) mass is 387 g/mol. The standard InChI is InChI=1S/C20H25N3O5/c1-22-12-9-21-17(22)13-28-16-5-3-15(4-6-16)19(25)23-10-7-14(8-11-23)18(24)20(26)27-2/h3-6,9,12,14,18,24H,7-8,10-11,13H2,1-2H3/t18-/m0/s1. The van der Waals surface area contributed by atoms with Crippen molar-refractivity contribution in [1.29, 1.82) is 0 Å². The van der Waals surface area contributed by atoms with Crippen LogP contribution in [-0.4, -0.2) is 57.7 Å². The van der Waals surface area contributed by atoms with Crippen molar-refractivity contribution in [3.63, 3.8) is 0 Å². The number of aromatic nitrogens is 2. The topological polar surface area (TPSA) is 93.9 Å². The van der Waals surface area contributed by atoms with Crippen LogP contribution in [0.5, 0.6) is 5.75 Å². The highest BCUT2D eigenvalue weighted by Gasteiger charge is 2.32. The first kappa shape index (κ1) is 19.9. The number of piperidine rings is 1. The van der Waals surface area contributed by atoms with E-state index in [0.717, 1.165) is 5.82 Å². The zero-order valence-electron chi connectivity index (χ0n) is 16.1. The van der Waals surface area contributed by atoms with E-state index in [2.05, 4.69) is 9.72 Å². The normalized spacial score (nSPS) is 15.9. The van der Waals surface area contributed by atoms with Crippen LogP contribution in [0.15, 0.2) is 36.7 Å². The van der Waals surface area contributed by atoms with Gasteiger partial charge in [-0.2, -0.15) is 0 Å². The Balaban J connectivity index is 1.52. The van der Waals surface area contributed by atoms with Gasteiger partial charge in [-0.15, -0.1) is 0 Å². The highest BCUT2D eigenvalue weighted by molar-refractivity contribution is 5.94. The van der Waals surface area contributed by atoms with Gasteiger partial charge in [0.15, 0.2) is 6.10 Å². The molecule has 2 heterocycles. The summed E-state index contributed by atoms with van der Waals surface area (Å²) in [6, 6.07) is 7.02. The third-order valence-corrected chi connectivity index (χ3v) is 5.11. The number of methoxy groups -OCH3 is 1. The molecule has 0 aliphatic carbocycles. The molecule has 1 N–H and O–H groups in total. The van der Waals surface area contributed by atoms with Crippen molar-refractivity contribution < 1.29 is 24.2 Å². The molecular weight excluding hydrogens is 362 g/mol. The van der Waals surface area contributed by atoms with Crippen molar-refractivity contribution >= 4 is 11.9 Å². The van der Waals surface area contributed by atoms with Crippen LogP contribution in [0.2, 0.25) is 0 Å². The number of imidazole rings is 1. The number of aryl methyl sites for hydroxylation is 1. The van der Waals surface area contributed by atoms with Gasteiger partial charge >= 0.3 is 5.97 Å². The van der Waals surface area contributed by atoms with Gasteiger partial charge in [0.05, 0.1) is 7.11 Å². The smallest absolute Gasteiger partial charge is 0.334 e. The minimum atomic E-state index is -1.13. The Morgan fingerprint density at radius 2 is 1.93 bits per heavy atom. The second-order valence-electron chi connectivity index (χ2n) is 6.87. The second kappa shape index (κ2) is 8.88. The summed E-state index contributed by atoms with van der Waals surface area (Å²) < 4.78 is 12.2. The van der Waals surface area contributed by atoms with Gasteiger partial charge < -0.3 is 24.0 Å². The van der Waals surface area contributed by atoms with E-state index in [4.69, 9.17) is 4.74 Å². The molecule has 1 aliphatic heterocycles. The summed E-state index contributed by atoms with van der Waals surface area (Å²) in [6.07, 6.45) is 3.57. The Hall–Kier alpha value is -2.87. The molecule has 8 nitrogen and oxygen atoms in total. The molecule has 1 amide bonds. The van der Waals surface area contributed by atoms with Gasteiger partial charge in [-0.05, 0) is 43.0 Å². The van der Waals surface area contributed by atoms with E-state index < -0.39 is 12.1 Å². The molecule has 3 rings (SSSR count). The Morgan fingerprint density at radius 1 is 1.25 bits per heavy atom. The van der Waals surface area contributed by atoms with Gasteiger partial charge in [0.25, 0.3) is 5.91 Å². The molecule has 0 saturated carbocycles. The Labute approximate surface area is 163 Å². The minimum Gasteiger partial charge on any atom is -0.486 e. The first-order valence-corrected chi connectivity index (χ1v) is 9.24. The van der Waals surface area contributed by atoms with Gasteiger partial charge in [0.2, 0.25) is 0 Å². The summed E-state index contributed by atoms with van der Waals surface area (Å²) in [5.41, 5.74) is 0.580. The lowest BCUT2D eigenvalue weighted by atomic mass is 9.91. The highest BCUT2D eigenvalue weighted by Crippen LogP contribution is 2.23. The number of rotatable bonds is 6. The summed E-state index contributed by atoms with van der Waals surface area (Å²) in [7, 11) is 3.16. The first-order chi connectivity index (χ1) is 13.5. The second-order valence-corrected chi connectivity index (χ2v) is 6.87. The van der Waals surface area contributed by atoms with E-state index in [9.17, 15) is 14.7 Å². The number of aliphatic hydroxyl groups excluding tert-OH is 1. The number of benzene rings is 1. The molecule has 28 heavy (non-hydrogen) atoms. The van der Waals surface area contributed by atoms with E-state index in [1.54, 1.807) is 35.4 Å². The van der Waals surface area contributed by atoms with Crippen LogP contribution in [0.3, 0.4) is 0 Å². The number of nitrogens with zero attached hydrogens (tertiary/aromatic N) is 3. The molecular formula is C20H25N3O5. The molecule has 1 aromatic heterocycles. The number of ether oxygens (including phenoxy) is 2. The number of hydrogen-bond acceptors (Lipinski definition) is 6. The highest BCUT2D eigenvalue weighted by atomic mass is 16.5. The van der Waals surface area contributed by atoms with Crippen LogP contribution in [0, 0.1) is 5.92 Å². The van der Waals surface area contributed by atoms with Crippen LogP contribution in [-0.2, 0) is 23.2 Å². The molecule has 0 bridgehead atoms. The molecule has 1 saturated heterocycles. The molecule has 1 fully saturated rings. The summed E-state index contributed by atoms with van der Waals surface area (Å²) in [5, 5.41) is 9.95. The predicted molar refractivity (Wildman–Crippen MR) is 101 cm³/mol. The molecule has 1 aromatic carbocycles. The molecule has 150 valence electrons. The van der Waals surface area contributed by atoms with Crippen LogP contribution in [0.25, 0.3) is 0 Å². The van der Waals surface area contributed by atoms with Crippen LogP contribution in [0.4, 0.5) is 0 Å². The lowest BCUT2D eigenvalue weighted by molar-refractivity contribution is -0.154. The Morgan fingerprint density at radius 3 is 2.50 bits per heavy atom. The van der Waals surface area contributed by atoms with Crippen molar-refractivity contribution in [3.8, 4) is 5.75 Å². The molecule has 0 spiro atoms. The van der Waals surface area contributed by atoms with Crippen molar-refractivity contribution in [2.24, 2.45) is 13.0 Å². The summed E-state index contributed by atoms with van der Waals surface area (Å²) in [4.78, 5) is 30.1. The van der Waals surface area contributed by atoms with E-state index in [0.29, 0.717) is 43.9 Å². The lowest BCUT2D eigenvalue weighted by Crippen LogP contribution is -2.43. The third-order valence-electron chi connectivity index (χ3n) is 5.11. The van der Waals surface area contributed by atoms with Crippen LogP contribution in [0.1, 0.15) is 29.0 Å². The zero-order valence-corrected chi connectivity index (χ0v) is 16.1. The van der Waals surface area contributed by atoms with E-state index in [1.807, 2.05) is 17.8 Å². The van der Waals surface area contributed by atoms with Crippen molar-refractivity contribution in [3.05, 3.63) is 48.0 Å². The minimum absolute atomic E-state index is 0.0679. The maximum Gasteiger partial charge on any atom is 0.334 e. The molecule has 2 aromatic rings. The average Bonchev–Trinajstić information content (AvgIpc) is 3.15. The number of carbonyl (C=O) groups excluding carboxylic acids is 2. The van der Waals surface area contributed by atoms with Gasteiger partial charge in [0.1, 0.15) is 18.2 Å². The zero-order chi connectivity index (χ0) is 20.1. The number of carbonyl (C=O) groups is 2. The van der Waals surface area contributed by atoms with Crippen LogP contribution < -0.4 is 4.74 Å². The molecule has 8 heteroatoms. The maximum absolute atomic E-state index is 12.7. The number of esters is 1. The van der Waals surface area contributed by atoms with Crippen molar-refractivity contribution in [1.82, 2.24) is 14.5 Å². The Kier molecular flexibility index (Phi) is 6.30. The first-order valence-electron chi connectivity index (χ1n) is 9.24. The average molecular weight is 387 g/mol. The van der Waals surface area contributed by atoms with E-state index in [-0.39, 0.29) is 11.8 Å². The quantitative estimate of drug-likeness (QED) is 0.753. The van der Waals surface area contributed by atoms with Gasteiger partial charge in [-0.3, -0.25) is 4.79 Å². The third kappa shape index (κ3) is 4.51. The van der Waals surface area contributed by atoms with Gasteiger partial charge in [-0.25, -0.2) is 9.78 Å². The fourth-order valence-corrected chi connectivity index (χ4v) is 3.29. The van der Waals surface area contributed by atoms with Gasteiger partial charge in [-0.1, -0.05) is 0 Å². The van der Waals surface area contributed by atoms with Gasteiger partial charge in [0, 0.05) is 38.1 Å². The fraction of sp³-hybridized carbons (Fsp3) is 0.450. The summed E-state index contributed by atoms with van der Waals surface area (Å²) >= 11 is 0. The number of amides is 1. The molecule has 0 unspecified atom stereocenters. The van der Waals surface area contributed by atoms with Crippen molar-refractivity contribution in [2.75, 3.05) is 20.2 Å². The molecule has 1 atom stereocenters. The fourth-order valence-electron chi connectivity index (χ4n) is 3.29. The largest absolute Gasteiger partial charge is 0.486 e.